The van der Waals surface area contributed by atoms with E-state index in [-0.39, 0.29) is 5.41 Å². The van der Waals surface area contributed by atoms with Crippen LogP contribution in [0.1, 0.15) is 26.3 Å². The molecular formula is C11H15N3O5S. The maximum absolute atomic E-state index is 11.8. The molecule has 0 heterocycles. The Bertz CT molecular complexity index is 661. The normalized spacial score (nSPS) is 11.9. The Hall–Kier alpha value is -2.16. The molecule has 110 valence electrons. The number of nitrogens with zero attached hydrogens (tertiary/aromatic N) is 1. The third kappa shape index (κ3) is 3.44. The molecule has 0 aliphatic carbocycles. The highest BCUT2D eigenvalue weighted by atomic mass is 32.2. The second kappa shape index (κ2) is 5.08. The van der Waals surface area contributed by atoms with Gasteiger partial charge in [0, 0.05) is 6.07 Å². The van der Waals surface area contributed by atoms with Gasteiger partial charge in [-0.05, 0) is 17.0 Å². The van der Waals surface area contributed by atoms with E-state index in [1.54, 1.807) is 0 Å². The summed E-state index contributed by atoms with van der Waals surface area (Å²) in [6.07, 6.45) is 0. The fourth-order valence-electron chi connectivity index (χ4n) is 1.54. The van der Waals surface area contributed by atoms with Gasteiger partial charge < -0.3 is 5.73 Å². The van der Waals surface area contributed by atoms with Gasteiger partial charge in [-0.2, -0.15) is 0 Å². The van der Waals surface area contributed by atoms with Crippen LogP contribution in [0, 0.1) is 10.1 Å². The highest BCUT2D eigenvalue weighted by Gasteiger charge is 2.29. The number of amides is 2. The van der Waals surface area contributed by atoms with E-state index in [4.69, 9.17) is 5.73 Å². The molecule has 1 rings (SSSR count). The Morgan fingerprint density at radius 3 is 2.30 bits per heavy atom. The van der Waals surface area contributed by atoms with Crippen molar-refractivity contribution < 1.29 is 18.1 Å². The van der Waals surface area contributed by atoms with Crippen molar-refractivity contribution in [1.82, 2.24) is 4.72 Å². The van der Waals surface area contributed by atoms with Crippen molar-refractivity contribution in [3.8, 4) is 0 Å². The van der Waals surface area contributed by atoms with E-state index in [2.05, 4.69) is 0 Å². The molecule has 0 aromatic heterocycles. The highest BCUT2D eigenvalue weighted by molar-refractivity contribution is 7.90. The molecule has 20 heavy (non-hydrogen) atoms. The Morgan fingerprint density at radius 1 is 1.35 bits per heavy atom. The van der Waals surface area contributed by atoms with Crippen molar-refractivity contribution in [3.05, 3.63) is 33.9 Å². The molecule has 0 fully saturated rings. The summed E-state index contributed by atoms with van der Waals surface area (Å²) < 4.78 is 25.1. The minimum atomic E-state index is -4.36. The zero-order valence-electron chi connectivity index (χ0n) is 11.2. The molecule has 0 saturated carbocycles. The fraction of sp³-hybridized carbons (Fsp3) is 0.364. The zero-order valence-corrected chi connectivity index (χ0v) is 12.0. The molecule has 0 aliphatic heterocycles. The number of carbonyl (C=O) groups excluding carboxylic acids is 1. The van der Waals surface area contributed by atoms with Crippen LogP contribution >= 0.6 is 0 Å². The molecule has 0 aliphatic rings. The second-order valence-electron chi connectivity index (χ2n) is 5.16. The van der Waals surface area contributed by atoms with Crippen LogP contribution in [0.5, 0.6) is 0 Å². The van der Waals surface area contributed by atoms with E-state index in [1.165, 1.54) is 16.9 Å². The molecular weight excluding hydrogens is 286 g/mol. The molecule has 0 radical (unpaired) electrons. The SMILES string of the molecule is CC(C)(C)c1ccc(S(=O)(=O)NC(N)=O)c([N+](=O)[O-])c1. The highest BCUT2D eigenvalue weighted by Crippen LogP contribution is 2.30. The third-order valence-electron chi connectivity index (χ3n) is 2.55. The second-order valence-corrected chi connectivity index (χ2v) is 6.81. The summed E-state index contributed by atoms with van der Waals surface area (Å²) in [4.78, 5) is 20.3. The summed E-state index contributed by atoms with van der Waals surface area (Å²) in [5, 5.41) is 11.0. The monoisotopic (exact) mass is 301 g/mol. The summed E-state index contributed by atoms with van der Waals surface area (Å²) in [5.41, 5.74) is 4.35. The van der Waals surface area contributed by atoms with Gasteiger partial charge in [0.25, 0.3) is 15.7 Å². The number of rotatable bonds is 3. The minimum absolute atomic E-state index is 0.385. The van der Waals surface area contributed by atoms with Gasteiger partial charge in [0.1, 0.15) is 0 Å². The van der Waals surface area contributed by atoms with Gasteiger partial charge >= 0.3 is 6.03 Å². The number of hydrogen-bond donors (Lipinski definition) is 2. The van der Waals surface area contributed by atoms with Crippen LogP contribution in [0.3, 0.4) is 0 Å². The average molecular weight is 301 g/mol. The van der Waals surface area contributed by atoms with Gasteiger partial charge in [0.15, 0.2) is 4.90 Å². The Morgan fingerprint density at radius 2 is 1.90 bits per heavy atom. The molecule has 0 atom stereocenters. The standard InChI is InChI=1S/C11H15N3O5S/c1-11(2,3)7-4-5-9(8(6-7)14(16)17)20(18,19)13-10(12)15/h4-6H,1-3H3,(H3,12,13,15). The number of nitrogens with one attached hydrogen (secondary N) is 1. The first kappa shape index (κ1) is 15.9. The van der Waals surface area contributed by atoms with Crippen molar-refractivity contribution in [2.24, 2.45) is 5.73 Å². The van der Waals surface area contributed by atoms with Crippen molar-refractivity contribution in [2.75, 3.05) is 0 Å². The Labute approximate surface area is 116 Å². The van der Waals surface area contributed by atoms with Gasteiger partial charge in [-0.25, -0.2) is 17.9 Å². The molecule has 3 N–H and O–H groups in total. The lowest BCUT2D eigenvalue weighted by molar-refractivity contribution is -0.387. The molecule has 0 spiro atoms. The summed E-state index contributed by atoms with van der Waals surface area (Å²) in [7, 11) is -4.36. The topological polar surface area (TPSA) is 132 Å². The van der Waals surface area contributed by atoms with E-state index in [0.29, 0.717) is 5.56 Å². The maximum atomic E-state index is 11.8. The van der Waals surface area contributed by atoms with Crippen LogP contribution in [0.2, 0.25) is 0 Å². The van der Waals surface area contributed by atoms with Crippen molar-refractivity contribution in [3.63, 3.8) is 0 Å². The van der Waals surface area contributed by atoms with Gasteiger partial charge in [0.2, 0.25) is 0 Å². The number of nitro groups is 1. The molecule has 9 heteroatoms. The lowest BCUT2D eigenvalue weighted by Gasteiger charge is -2.19. The third-order valence-corrected chi connectivity index (χ3v) is 3.94. The zero-order chi connectivity index (χ0) is 15.7. The maximum Gasteiger partial charge on any atom is 0.326 e. The Balaban J connectivity index is 3.50. The van der Waals surface area contributed by atoms with Crippen molar-refractivity contribution in [1.29, 1.82) is 0 Å². The van der Waals surface area contributed by atoms with Gasteiger partial charge in [-0.15, -0.1) is 0 Å². The molecule has 0 saturated heterocycles. The Kier molecular flexibility index (Phi) is 4.04. The van der Waals surface area contributed by atoms with Crippen LogP contribution in [0.15, 0.2) is 23.1 Å². The molecule has 2 amide bonds. The average Bonchev–Trinajstić information content (AvgIpc) is 2.25. The van der Waals surface area contributed by atoms with Gasteiger partial charge in [-0.3, -0.25) is 10.1 Å². The number of hydrogen-bond acceptors (Lipinski definition) is 5. The molecule has 0 bridgehead atoms. The first-order chi connectivity index (χ1) is 8.95. The molecule has 1 aromatic carbocycles. The summed E-state index contributed by atoms with van der Waals surface area (Å²) >= 11 is 0. The lowest BCUT2D eigenvalue weighted by atomic mass is 9.87. The van der Waals surface area contributed by atoms with Crippen LogP contribution in [-0.2, 0) is 15.4 Å². The number of carbonyl (C=O) groups is 1. The minimum Gasteiger partial charge on any atom is -0.351 e. The molecule has 1 aromatic rings. The first-order valence-corrected chi connectivity index (χ1v) is 7.04. The van der Waals surface area contributed by atoms with E-state index >= 15 is 0 Å². The van der Waals surface area contributed by atoms with Gasteiger partial charge in [0.05, 0.1) is 4.92 Å². The largest absolute Gasteiger partial charge is 0.351 e. The molecule has 8 nitrogen and oxygen atoms in total. The quantitative estimate of drug-likeness (QED) is 0.640. The molecule has 0 unspecified atom stereocenters. The van der Waals surface area contributed by atoms with Crippen LogP contribution in [-0.4, -0.2) is 19.4 Å². The van der Waals surface area contributed by atoms with Crippen LogP contribution in [0.4, 0.5) is 10.5 Å². The van der Waals surface area contributed by atoms with Crippen LogP contribution in [0.25, 0.3) is 0 Å². The summed E-state index contributed by atoms with van der Waals surface area (Å²) in [6.45, 7) is 5.51. The lowest BCUT2D eigenvalue weighted by Crippen LogP contribution is -2.35. The smallest absolute Gasteiger partial charge is 0.326 e. The van der Waals surface area contributed by atoms with Crippen LogP contribution < -0.4 is 10.5 Å². The van der Waals surface area contributed by atoms with E-state index in [1.807, 2.05) is 20.8 Å². The predicted octanol–water partition coefficient (Wildman–Crippen LogP) is 1.25. The predicted molar refractivity (Wildman–Crippen MR) is 71.7 cm³/mol. The number of nitro benzene ring substituents is 1. The first-order valence-electron chi connectivity index (χ1n) is 5.56. The van der Waals surface area contributed by atoms with Crippen molar-refractivity contribution in [2.45, 2.75) is 31.1 Å². The van der Waals surface area contributed by atoms with Crippen molar-refractivity contribution >= 4 is 21.7 Å². The summed E-state index contributed by atoms with van der Waals surface area (Å²) in [6, 6.07) is 2.42. The van der Waals surface area contributed by atoms with E-state index in [9.17, 15) is 23.3 Å². The van der Waals surface area contributed by atoms with Gasteiger partial charge in [-0.1, -0.05) is 26.8 Å². The van der Waals surface area contributed by atoms with E-state index < -0.39 is 31.6 Å². The number of primary amides is 1. The van der Waals surface area contributed by atoms with E-state index in [0.717, 1.165) is 6.07 Å². The number of sulfonamides is 1. The number of urea groups is 1. The number of benzene rings is 1. The fourth-order valence-corrected chi connectivity index (χ4v) is 2.57. The summed E-state index contributed by atoms with van der Waals surface area (Å²) in [5.74, 6) is 0. The number of nitrogens with two attached hydrogens (primary N) is 1.